The number of rotatable bonds is 4. The SMILES string of the molecule is CC(NC(=O)OC(C)(C)C)C(=O)Cc1csnn1. The molecule has 0 radical (unpaired) electrons. The zero-order valence-corrected chi connectivity index (χ0v) is 11.7. The number of aromatic nitrogens is 2. The fourth-order valence-electron chi connectivity index (χ4n) is 1.16. The molecule has 1 heterocycles. The summed E-state index contributed by atoms with van der Waals surface area (Å²) in [5.41, 5.74) is 0.0360. The van der Waals surface area contributed by atoms with Crippen molar-refractivity contribution >= 4 is 23.4 Å². The number of ketones is 1. The summed E-state index contributed by atoms with van der Waals surface area (Å²) in [6.45, 7) is 6.91. The molecule has 1 unspecified atom stereocenters. The van der Waals surface area contributed by atoms with E-state index in [1.165, 1.54) is 11.5 Å². The third-order valence-corrected chi connectivity index (χ3v) is 2.53. The Balaban J connectivity index is 2.42. The Bertz CT molecular complexity index is 412. The maximum absolute atomic E-state index is 11.8. The first kappa shape index (κ1) is 14.6. The quantitative estimate of drug-likeness (QED) is 0.898. The predicted molar refractivity (Wildman–Crippen MR) is 67.5 cm³/mol. The van der Waals surface area contributed by atoms with Gasteiger partial charge in [-0.3, -0.25) is 4.79 Å². The minimum Gasteiger partial charge on any atom is -0.444 e. The molecule has 7 heteroatoms. The van der Waals surface area contributed by atoms with Crippen LogP contribution >= 0.6 is 11.5 Å². The lowest BCUT2D eigenvalue weighted by Gasteiger charge is -2.21. The number of carbonyl (C=O) groups excluding carboxylic acids is 2. The van der Waals surface area contributed by atoms with Crippen LogP contribution in [0.3, 0.4) is 0 Å². The van der Waals surface area contributed by atoms with Crippen molar-refractivity contribution in [3.05, 3.63) is 11.1 Å². The molecule has 0 aliphatic heterocycles. The van der Waals surface area contributed by atoms with Gasteiger partial charge in [-0.05, 0) is 39.2 Å². The molecule has 0 aliphatic rings. The zero-order valence-electron chi connectivity index (χ0n) is 10.9. The summed E-state index contributed by atoms with van der Waals surface area (Å²) in [7, 11) is 0. The van der Waals surface area contributed by atoms with Gasteiger partial charge in [-0.2, -0.15) is 0 Å². The molecule has 0 aliphatic carbocycles. The van der Waals surface area contributed by atoms with Gasteiger partial charge in [0.2, 0.25) is 0 Å². The van der Waals surface area contributed by atoms with Crippen LogP contribution in [0.2, 0.25) is 0 Å². The van der Waals surface area contributed by atoms with Gasteiger partial charge in [-0.15, -0.1) is 5.10 Å². The molecule has 0 spiro atoms. The van der Waals surface area contributed by atoms with Crippen molar-refractivity contribution in [3.8, 4) is 0 Å². The standard InChI is InChI=1S/C11H17N3O3S/c1-7(12-10(16)17-11(2,3)4)9(15)5-8-6-18-14-13-8/h6-7H,5H2,1-4H3,(H,12,16). The van der Waals surface area contributed by atoms with Gasteiger partial charge in [0, 0.05) is 5.38 Å². The van der Waals surface area contributed by atoms with Crippen molar-refractivity contribution in [1.29, 1.82) is 0 Å². The highest BCUT2D eigenvalue weighted by molar-refractivity contribution is 7.03. The lowest BCUT2D eigenvalue weighted by Crippen LogP contribution is -2.42. The summed E-state index contributed by atoms with van der Waals surface area (Å²) in [5.74, 6) is -0.131. The first-order chi connectivity index (χ1) is 8.28. The lowest BCUT2D eigenvalue weighted by molar-refractivity contribution is -0.120. The van der Waals surface area contributed by atoms with Crippen molar-refractivity contribution in [1.82, 2.24) is 14.9 Å². The lowest BCUT2D eigenvalue weighted by atomic mass is 10.1. The number of nitrogens with one attached hydrogen (secondary N) is 1. The topological polar surface area (TPSA) is 81.2 Å². The van der Waals surface area contributed by atoms with Crippen LogP contribution in [0, 0.1) is 0 Å². The molecule has 100 valence electrons. The Morgan fingerprint density at radius 3 is 2.67 bits per heavy atom. The maximum Gasteiger partial charge on any atom is 0.408 e. The highest BCUT2D eigenvalue weighted by atomic mass is 32.1. The molecular weight excluding hydrogens is 254 g/mol. The van der Waals surface area contributed by atoms with Crippen molar-refractivity contribution in [2.75, 3.05) is 0 Å². The Labute approximate surface area is 110 Å². The van der Waals surface area contributed by atoms with E-state index in [1.54, 1.807) is 33.1 Å². The van der Waals surface area contributed by atoms with E-state index < -0.39 is 17.7 Å². The second-order valence-electron chi connectivity index (χ2n) is 4.91. The van der Waals surface area contributed by atoms with E-state index in [0.29, 0.717) is 5.69 Å². The third kappa shape index (κ3) is 5.22. The Morgan fingerprint density at radius 1 is 1.50 bits per heavy atom. The molecule has 0 saturated heterocycles. The van der Waals surface area contributed by atoms with Crippen molar-refractivity contribution in [2.45, 2.75) is 45.8 Å². The van der Waals surface area contributed by atoms with E-state index >= 15 is 0 Å². The van der Waals surface area contributed by atoms with Crippen molar-refractivity contribution < 1.29 is 14.3 Å². The second kappa shape index (κ2) is 5.90. The number of ether oxygens (including phenoxy) is 1. The molecule has 1 atom stereocenters. The average molecular weight is 271 g/mol. The van der Waals surface area contributed by atoms with Crippen LogP contribution in [0.1, 0.15) is 33.4 Å². The second-order valence-corrected chi connectivity index (χ2v) is 5.52. The Morgan fingerprint density at radius 2 is 2.17 bits per heavy atom. The third-order valence-electron chi connectivity index (χ3n) is 1.98. The summed E-state index contributed by atoms with van der Waals surface area (Å²) < 4.78 is 8.74. The number of hydrogen-bond acceptors (Lipinski definition) is 6. The molecule has 1 amide bonds. The molecule has 18 heavy (non-hydrogen) atoms. The predicted octanol–water partition coefficient (Wildman–Crippen LogP) is 1.56. The number of alkyl carbamates (subject to hydrolysis) is 1. The first-order valence-corrected chi connectivity index (χ1v) is 6.40. The first-order valence-electron chi connectivity index (χ1n) is 5.56. The highest BCUT2D eigenvalue weighted by Crippen LogP contribution is 2.07. The summed E-state index contributed by atoms with van der Waals surface area (Å²) >= 11 is 1.19. The van der Waals surface area contributed by atoms with Gasteiger partial charge in [0.1, 0.15) is 5.60 Å². The minimum absolute atomic E-state index is 0.131. The zero-order chi connectivity index (χ0) is 13.8. The van der Waals surface area contributed by atoms with Gasteiger partial charge in [0.05, 0.1) is 18.2 Å². The highest BCUT2D eigenvalue weighted by Gasteiger charge is 2.21. The van der Waals surface area contributed by atoms with Crippen molar-refractivity contribution in [3.63, 3.8) is 0 Å². The molecule has 6 nitrogen and oxygen atoms in total. The number of Topliss-reactive ketones (excluding diaryl/α,β-unsaturated/α-hetero) is 1. The fraction of sp³-hybridized carbons (Fsp3) is 0.636. The largest absolute Gasteiger partial charge is 0.444 e. The van der Waals surface area contributed by atoms with Gasteiger partial charge in [0.25, 0.3) is 0 Å². The average Bonchev–Trinajstić information content (AvgIpc) is 2.66. The van der Waals surface area contributed by atoms with Crippen LogP contribution in [0.25, 0.3) is 0 Å². The van der Waals surface area contributed by atoms with E-state index in [2.05, 4.69) is 14.9 Å². The molecule has 1 aromatic rings. The Hall–Kier alpha value is -1.50. The molecule has 0 bridgehead atoms. The van der Waals surface area contributed by atoms with Gasteiger partial charge in [0.15, 0.2) is 5.78 Å². The smallest absolute Gasteiger partial charge is 0.408 e. The van der Waals surface area contributed by atoms with Gasteiger partial charge in [-0.1, -0.05) is 4.49 Å². The van der Waals surface area contributed by atoms with Crippen molar-refractivity contribution in [2.24, 2.45) is 0 Å². The minimum atomic E-state index is -0.610. The molecule has 1 N–H and O–H groups in total. The van der Waals surface area contributed by atoms with Gasteiger partial charge < -0.3 is 10.1 Å². The summed E-state index contributed by atoms with van der Waals surface area (Å²) in [6.07, 6.45) is -0.437. The Kier molecular flexibility index (Phi) is 4.77. The molecule has 0 saturated carbocycles. The van der Waals surface area contributed by atoms with Gasteiger partial charge >= 0.3 is 6.09 Å². The van der Waals surface area contributed by atoms with Crippen LogP contribution in [0.15, 0.2) is 5.38 Å². The molecule has 1 aromatic heterocycles. The number of amides is 1. The van der Waals surface area contributed by atoms with E-state index in [1.807, 2.05) is 0 Å². The summed E-state index contributed by atoms with van der Waals surface area (Å²) in [6, 6.07) is -0.610. The maximum atomic E-state index is 11.8. The molecule has 0 aromatic carbocycles. The van der Waals surface area contributed by atoms with Crippen LogP contribution in [0.4, 0.5) is 4.79 Å². The monoisotopic (exact) mass is 271 g/mol. The molecule has 1 rings (SSSR count). The summed E-state index contributed by atoms with van der Waals surface area (Å²) in [4.78, 5) is 23.2. The number of nitrogens with zero attached hydrogens (tertiary/aromatic N) is 2. The number of hydrogen-bond donors (Lipinski definition) is 1. The fourth-order valence-corrected chi connectivity index (χ4v) is 1.61. The summed E-state index contributed by atoms with van der Waals surface area (Å²) in [5, 5.41) is 7.98. The van der Waals surface area contributed by atoms with E-state index in [9.17, 15) is 9.59 Å². The molecule has 0 fully saturated rings. The van der Waals surface area contributed by atoms with Crippen LogP contribution in [-0.4, -0.2) is 33.1 Å². The van der Waals surface area contributed by atoms with E-state index in [-0.39, 0.29) is 12.2 Å². The van der Waals surface area contributed by atoms with Crippen LogP contribution in [-0.2, 0) is 16.0 Å². The van der Waals surface area contributed by atoms with E-state index in [4.69, 9.17) is 4.74 Å². The van der Waals surface area contributed by atoms with E-state index in [0.717, 1.165) is 0 Å². The van der Waals surface area contributed by atoms with Gasteiger partial charge in [-0.25, -0.2) is 4.79 Å². The van der Waals surface area contributed by atoms with Crippen LogP contribution in [0.5, 0.6) is 0 Å². The van der Waals surface area contributed by atoms with Crippen LogP contribution < -0.4 is 5.32 Å². The number of carbonyl (C=O) groups is 2. The molecular formula is C11H17N3O3S. The normalized spacial score (nSPS) is 12.9.